The second kappa shape index (κ2) is 10.2. The predicted molar refractivity (Wildman–Crippen MR) is 98.3 cm³/mol. The molecular weight excluding hydrogens is 393 g/mol. The van der Waals surface area contributed by atoms with Crippen LogP contribution in [-0.4, -0.2) is 79.5 Å². The summed E-state index contributed by atoms with van der Waals surface area (Å²) in [5.74, 6) is -2.62. The maximum absolute atomic E-state index is 13.0. The van der Waals surface area contributed by atoms with Gasteiger partial charge in [-0.1, -0.05) is 0 Å². The van der Waals surface area contributed by atoms with Gasteiger partial charge in [-0.2, -0.15) is 0 Å². The second-order valence-corrected chi connectivity index (χ2v) is 7.26. The lowest BCUT2D eigenvalue weighted by Gasteiger charge is -2.35. The van der Waals surface area contributed by atoms with Crippen molar-refractivity contribution in [1.29, 1.82) is 0 Å². The van der Waals surface area contributed by atoms with Crippen molar-refractivity contribution in [1.82, 2.24) is 15.1 Å². The van der Waals surface area contributed by atoms with Crippen LogP contribution >= 0.6 is 0 Å². The number of amides is 2. The van der Waals surface area contributed by atoms with Crippen LogP contribution in [0, 0.1) is 5.82 Å². The van der Waals surface area contributed by atoms with Crippen LogP contribution in [0.4, 0.5) is 4.39 Å². The van der Waals surface area contributed by atoms with E-state index in [9.17, 15) is 23.0 Å². The second-order valence-electron chi connectivity index (χ2n) is 6.36. The predicted octanol–water partition coefficient (Wildman–Crippen LogP) is 0.112. The Labute approximate surface area is 163 Å². The molecule has 1 heterocycles. The van der Waals surface area contributed by atoms with E-state index in [4.69, 9.17) is 9.66 Å². The van der Waals surface area contributed by atoms with E-state index in [1.807, 2.05) is 0 Å². The average molecular weight is 415 g/mol. The Bertz CT molecular complexity index is 737. The third-order valence-corrected chi connectivity index (χ3v) is 4.92. The quantitative estimate of drug-likeness (QED) is 0.514. The minimum absolute atomic E-state index is 0.00816. The molecule has 3 N–H and O–H groups in total. The number of carbonyl (C=O) groups is 3. The maximum Gasteiger partial charge on any atom is 0.303 e. The highest BCUT2D eigenvalue weighted by Crippen LogP contribution is 2.10. The van der Waals surface area contributed by atoms with E-state index >= 15 is 0 Å². The lowest BCUT2D eigenvalue weighted by molar-refractivity contribution is -0.138. The Hall–Kier alpha value is -2.37. The van der Waals surface area contributed by atoms with Gasteiger partial charge in [-0.25, -0.2) is 8.60 Å². The van der Waals surface area contributed by atoms with E-state index in [-0.39, 0.29) is 24.3 Å². The number of hydrogen-bond donors (Lipinski definition) is 3. The number of hydrogen-bond acceptors (Lipinski definition) is 5. The molecule has 1 fully saturated rings. The highest BCUT2D eigenvalue weighted by molar-refractivity contribution is 7.79. The average Bonchev–Trinajstić information content (AvgIpc) is 2.65. The summed E-state index contributed by atoms with van der Waals surface area (Å²) in [5, 5.41) is 11.4. The van der Waals surface area contributed by atoms with Crippen molar-refractivity contribution in [2.75, 3.05) is 32.1 Å². The molecule has 0 aromatic heterocycles. The molecule has 1 aromatic rings. The largest absolute Gasteiger partial charge is 0.481 e. The van der Waals surface area contributed by atoms with E-state index in [0.717, 1.165) is 12.1 Å². The highest BCUT2D eigenvalue weighted by Gasteiger charge is 2.29. The number of rotatable bonds is 8. The van der Waals surface area contributed by atoms with E-state index in [1.54, 1.807) is 4.90 Å². The molecule has 9 nitrogen and oxygen atoms in total. The van der Waals surface area contributed by atoms with Gasteiger partial charge in [0, 0.05) is 38.2 Å². The summed E-state index contributed by atoms with van der Waals surface area (Å²) in [7, 11) is 0. The summed E-state index contributed by atoms with van der Waals surface area (Å²) in [4.78, 5) is 39.3. The zero-order chi connectivity index (χ0) is 20.7. The van der Waals surface area contributed by atoms with E-state index in [2.05, 4.69) is 5.32 Å². The van der Waals surface area contributed by atoms with Crippen molar-refractivity contribution < 1.29 is 32.6 Å². The first-order valence-corrected chi connectivity index (χ1v) is 9.90. The molecule has 0 bridgehead atoms. The Morgan fingerprint density at radius 2 is 1.75 bits per heavy atom. The van der Waals surface area contributed by atoms with Crippen LogP contribution < -0.4 is 5.32 Å². The van der Waals surface area contributed by atoms with E-state index in [1.165, 1.54) is 17.0 Å². The third kappa shape index (κ3) is 6.66. The molecule has 2 amide bonds. The van der Waals surface area contributed by atoms with Crippen molar-refractivity contribution in [3.05, 3.63) is 35.6 Å². The van der Waals surface area contributed by atoms with Crippen molar-refractivity contribution in [2.24, 2.45) is 0 Å². The van der Waals surface area contributed by atoms with Gasteiger partial charge in [0.2, 0.25) is 5.91 Å². The standard InChI is InChI=1S/C17H22FN3O6S/c18-13-3-1-12(2-4-13)16(24)19-14(5-6-15(22)23)17(25)21-9-7-20(8-10-21)11-28(26)27/h1-4,14H,5-11H2,(H,19,24)(H,22,23)(H,26,27)/t14-/m0/s1. The molecule has 0 spiro atoms. The van der Waals surface area contributed by atoms with Crippen molar-refractivity contribution in [3.63, 3.8) is 0 Å². The molecule has 2 rings (SSSR count). The van der Waals surface area contributed by atoms with Gasteiger partial charge in [-0.3, -0.25) is 19.3 Å². The summed E-state index contributed by atoms with van der Waals surface area (Å²) in [5.41, 5.74) is 0.157. The minimum Gasteiger partial charge on any atom is -0.481 e. The number of benzene rings is 1. The fraction of sp³-hybridized carbons (Fsp3) is 0.471. The summed E-state index contributed by atoms with van der Waals surface area (Å²) in [6.45, 7) is 1.39. The molecule has 1 aromatic carbocycles. The van der Waals surface area contributed by atoms with Crippen molar-refractivity contribution in [3.8, 4) is 0 Å². The zero-order valence-electron chi connectivity index (χ0n) is 15.0. The van der Waals surface area contributed by atoms with Crippen LogP contribution in [0.2, 0.25) is 0 Å². The molecule has 1 aliphatic rings. The molecule has 1 unspecified atom stereocenters. The normalized spacial score (nSPS) is 17.0. The molecule has 0 aliphatic carbocycles. The molecule has 0 saturated carbocycles. The number of carboxylic acid groups (broad SMARTS) is 1. The van der Waals surface area contributed by atoms with Gasteiger partial charge in [0.1, 0.15) is 17.7 Å². The summed E-state index contributed by atoms with van der Waals surface area (Å²) >= 11 is -1.96. The van der Waals surface area contributed by atoms with Crippen LogP contribution in [0.15, 0.2) is 24.3 Å². The number of piperazine rings is 1. The number of carboxylic acids is 1. The molecule has 0 radical (unpaired) electrons. The first kappa shape index (κ1) is 21.9. The van der Waals surface area contributed by atoms with Gasteiger partial charge in [0.15, 0.2) is 11.1 Å². The monoisotopic (exact) mass is 415 g/mol. The van der Waals surface area contributed by atoms with Gasteiger partial charge in [0.05, 0.1) is 0 Å². The third-order valence-electron chi connectivity index (χ3n) is 4.33. The summed E-state index contributed by atoms with van der Waals surface area (Å²) < 4.78 is 32.8. The topological polar surface area (TPSA) is 127 Å². The molecule has 2 atom stereocenters. The van der Waals surface area contributed by atoms with Gasteiger partial charge in [-0.05, 0) is 30.7 Å². The number of nitrogens with zero attached hydrogens (tertiary/aromatic N) is 2. The molecule has 28 heavy (non-hydrogen) atoms. The zero-order valence-corrected chi connectivity index (χ0v) is 15.9. The fourth-order valence-corrected chi connectivity index (χ4v) is 3.41. The Balaban J connectivity index is 2.02. The van der Waals surface area contributed by atoms with Crippen LogP contribution in [0.25, 0.3) is 0 Å². The van der Waals surface area contributed by atoms with Crippen LogP contribution in [-0.2, 0) is 20.7 Å². The number of carbonyl (C=O) groups excluding carboxylic acids is 2. The van der Waals surface area contributed by atoms with Gasteiger partial charge in [-0.15, -0.1) is 0 Å². The van der Waals surface area contributed by atoms with Crippen LogP contribution in [0.5, 0.6) is 0 Å². The first-order chi connectivity index (χ1) is 13.3. The molecular formula is C17H22FN3O6S. The van der Waals surface area contributed by atoms with E-state index in [0.29, 0.717) is 26.2 Å². The molecule has 154 valence electrons. The van der Waals surface area contributed by atoms with Crippen molar-refractivity contribution >= 4 is 28.9 Å². The van der Waals surface area contributed by atoms with Gasteiger partial charge >= 0.3 is 5.97 Å². The minimum atomic E-state index is -1.96. The fourth-order valence-electron chi connectivity index (χ4n) is 2.84. The number of halogens is 1. The highest BCUT2D eigenvalue weighted by atomic mass is 32.2. The summed E-state index contributed by atoms with van der Waals surface area (Å²) in [6, 6.07) is 3.75. The van der Waals surface area contributed by atoms with E-state index < -0.39 is 40.7 Å². The van der Waals surface area contributed by atoms with Crippen LogP contribution in [0.1, 0.15) is 23.2 Å². The summed E-state index contributed by atoms with van der Waals surface area (Å²) in [6.07, 6.45) is -0.383. The van der Waals surface area contributed by atoms with Crippen LogP contribution in [0.3, 0.4) is 0 Å². The Morgan fingerprint density at radius 3 is 2.29 bits per heavy atom. The van der Waals surface area contributed by atoms with Crippen molar-refractivity contribution in [2.45, 2.75) is 18.9 Å². The molecule has 1 aliphatic heterocycles. The van der Waals surface area contributed by atoms with Gasteiger partial charge < -0.3 is 19.9 Å². The maximum atomic E-state index is 13.0. The number of nitrogens with one attached hydrogen (secondary N) is 1. The lowest BCUT2D eigenvalue weighted by atomic mass is 10.1. The smallest absolute Gasteiger partial charge is 0.303 e. The Kier molecular flexibility index (Phi) is 8.03. The number of aliphatic carboxylic acids is 1. The molecule has 11 heteroatoms. The lowest BCUT2D eigenvalue weighted by Crippen LogP contribution is -2.55. The molecule has 1 saturated heterocycles. The Morgan fingerprint density at radius 1 is 1.14 bits per heavy atom. The van der Waals surface area contributed by atoms with Gasteiger partial charge in [0.25, 0.3) is 5.91 Å². The SMILES string of the molecule is O=C(O)CC[C@H](NC(=O)c1ccc(F)cc1)C(=O)N1CCN(CS(=O)O)CC1. The first-order valence-electron chi connectivity index (χ1n) is 8.63.